The van der Waals surface area contributed by atoms with Gasteiger partial charge in [0, 0.05) is 0 Å². The summed E-state index contributed by atoms with van der Waals surface area (Å²) < 4.78 is 45.3. The highest BCUT2D eigenvalue weighted by atomic mass is 28.4. The molecule has 0 aromatic heterocycles. The molecule has 1 heterocycles. The number of nitrogens with one attached hydrogen (secondary N) is 2. The third-order valence-corrected chi connectivity index (χ3v) is 8.28. The normalized spacial score (nSPS) is 21.0. The first kappa shape index (κ1) is 20.2. The van der Waals surface area contributed by atoms with E-state index in [4.69, 9.17) is 10.2 Å². The van der Waals surface area contributed by atoms with Gasteiger partial charge in [-0.15, -0.1) is 0 Å². The van der Waals surface area contributed by atoms with Crippen molar-refractivity contribution in [3.05, 3.63) is 0 Å². The minimum Gasteiger partial charge on any atom is -0.418 e. The van der Waals surface area contributed by atoms with Crippen LogP contribution in [0.5, 0.6) is 0 Å². The number of hydrogen-bond acceptors (Lipinski definition) is 3. The van der Waals surface area contributed by atoms with Gasteiger partial charge in [-0.3, -0.25) is 16.0 Å². The second-order valence-corrected chi connectivity index (χ2v) is 11.4. The van der Waals surface area contributed by atoms with E-state index in [1.165, 1.54) is 0 Å². The summed E-state index contributed by atoms with van der Waals surface area (Å²) in [5, 5.41) is 3.35. The van der Waals surface area contributed by atoms with E-state index in [9.17, 15) is 17.3 Å². The Bertz CT molecular complexity index is 365. The molecule has 0 amide bonds. The Balaban J connectivity index is 0.000000690. The van der Waals surface area contributed by atoms with Gasteiger partial charge in [0.25, 0.3) is 0 Å². The SMILES string of the molecule is C[C@H](O[Si](C)(C)C(C)(C)C)[C@H]1CNC(N)=[NH+]1.F[B-](F)(F)F. The highest BCUT2D eigenvalue weighted by molar-refractivity contribution is 6.74. The molecule has 0 aliphatic carbocycles. The predicted octanol–water partition coefficient (Wildman–Crippen LogP) is 1.06. The van der Waals surface area contributed by atoms with Crippen LogP contribution < -0.4 is 16.0 Å². The Hall–Kier alpha value is -0.768. The van der Waals surface area contributed by atoms with Gasteiger partial charge in [-0.1, -0.05) is 20.8 Å². The third kappa shape index (κ3) is 8.30. The average molecular weight is 331 g/mol. The van der Waals surface area contributed by atoms with Crippen LogP contribution in [0.15, 0.2) is 0 Å². The Morgan fingerprint density at radius 2 is 1.76 bits per heavy atom. The summed E-state index contributed by atoms with van der Waals surface area (Å²) in [6.45, 7) is 14.3. The first-order valence-electron chi connectivity index (χ1n) is 6.81. The van der Waals surface area contributed by atoms with Gasteiger partial charge in [-0.05, 0) is 25.1 Å². The van der Waals surface area contributed by atoms with E-state index in [1.807, 2.05) is 0 Å². The molecule has 4 nitrogen and oxygen atoms in total. The number of nitrogens with two attached hydrogens (primary N) is 1. The maximum Gasteiger partial charge on any atom is 0.673 e. The van der Waals surface area contributed by atoms with Crippen LogP contribution in [-0.2, 0) is 4.43 Å². The number of halogens is 4. The Kier molecular flexibility index (Phi) is 6.74. The highest BCUT2D eigenvalue weighted by Gasteiger charge is 2.40. The molecule has 1 rings (SSSR count). The summed E-state index contributed by atoms with van der Waals surface area (Å²) in [5.74, 6) is 0.663. The van der Waals surface area contributed by atoms with Gasteiger partial charge >= 0.3 is 13.2 Å². The topological polar surface area (TPSA) is 61.2 Å². The smallest absolute Gasteiger partial charge is 0.418 e. The van der Waals surface area contributed by atoms with E-state index in [1.54, 1.807) is 0 Å². The maximum atomic E-state index is 9.75. The molecule has 0 unspecified atom stereocenters. The molecule has 1 aliphatic rings. The minimum atomic E-state index is -6.00. The Morgan fingerprint density at radius 1 is 1.33 bits per heavy atom. The lowest BCUT2D eigenvalue weighted by Crippen LogP contribution is -2.82. The van der Waals surface area contributed by atoms with Crippen LogP contribution >= 0.6 is 0 Å². The van der Waals surface area contributed by atoms with E-state index in [2.05, 4.69) is 51.1 Å². The van der Waals surface area contributed by atoms with E-state index < -0.39 is 15.6 Å². The Labute approximate surface area is 124 Å². The van der Waals surface area contributed by atoms with Crippen LogP contribution in [0.3, 0.4) is 0 Å². The van der Waals surface area contributed by atoms with Gasteiger partial charge in [0.15, 0.2) is 8.32 Å². The van der Waals surface area contributed by atoms with Crippen molar-refractivity contribution in [1.82, 2.24) is 5.32 Å². The molecule has 0 aromatic carbocycles. The van der Waals surface area contributed by atoms with E-state index in [0.29, 0.717) is 5.96 Å². The molecule has 126 valence electrons. The largest absolute Gasteiger partial charge is 0.673 e. The zero-order valence-corrected chi connectivity index (χ0v) is 14.4. The zero-order chi connectivity index (χ0) is 17.1. The molecule has 4 N–H and O–H groups in total. The van der Waals surface area contributed by atoms with Crippen molar-refractivity contribution in [2.45, 2.75) is 58.0 Å². The molecule has 2 atom stereocenters. The van der Waals surface area contributed by atoms with Gasteiger partial charge in [0.05, 0.1) is 12.6 Å². The Morgan fingerprint density at radius 3 is 2.05 bits per heavy atom. The quantitative estimate of drug-likeness (QED) is 0.535. The van der Waals surface area contributed by atoms with Crippen molar-refractivity contribution in [1.29, 1.82) is 0 Å². The lowest BCUT2D eigenvalue weighted by Gasteiger charge is -2.38. The minimum absolute atomic E-state index is 0.189. The van der Waals surface area contributed by atoms with Crippen molar-refractivity contribution in [3.8, 4) is 0 Å². The second kappa shape index (κ2) is 6.99. The molecule has 0 radical (unpaired) electrons. The van der Waals surface area contributed by atoms with E-state index >= 15 is 0 Å². The highest BCUT2D eigenvalue weighted by Crippen LogP contribution is 2.37. The number of rotatable bonds is 3. The van der Waals surface area contributed by atoms with E-state index in [0.717, 1.165) is 6.54 Å². The lowest BCUT2D eigenvalue weighted by atomic mass is 10.2. The van der Waals surface area contributed by atoms with Gasteiger partial charge in [0.2, 0.25) is 0 Å². The molecule has 21 heavy (non-hydrogen) atoms. The third-order valence-electron chi connectivity index (χ3n) is 3.71. The zero-order valence-electron chi connectivity index (χ0n) is 13.4. The first-order valence-corrected chi connectivity index (χ1v) is 9.72. The fraction of sp³-hybridized carbons (Fsp3) is 0.909. The molecular weight excluding hydrogens is 305 g/mol. The molecule has 0 aromatic rings. The molecule has 0 saturated carbocycles. The van der Waals surface area contributed by atoms with Crippen LogP contribution in [0, 0.1) is 0 Å². The standard InChI is InChI=1S/C11H25N3OSi.BF4/c1-8(9-7-13-10(12)14-9)15-16(5,6)11(2,3)4;2-1(3,4)5/h8-9H,7H2,1-6H3,(H3,12,13,14);/q;-1/p+1/t8-,9+;/m0./s1. The predicted molar refractivity (Wildman–Crippen MR) is 79.9 cm³/mol. The van der Waals surface area contributed by atoms with Gasteiger partial charge < -0.3 is 21.7 Å². The van der Waals surface area contributed by atoms with Crippen molar-refractivity contribution in [3.63, 3.8) is 0 Å². The monoisotopic (exact) mass is 331 g/mol. The van der Waals surface area contributed by atoms with Crippen LogP contribution in [0.1, 0.15) is 27.7 Å². The number of hydrogen-bond donors (Lipinski definition) is 3. The van der Waals surface area contributed by atoms with Gasteiger partial charge in [-0.25, -0.2) is 0 Å². The summed E-state index contributed by atoms with van der Waals surface area (Å²) in [6.07, 6.45) is 0.189. The second-order valence-electron chi connectivity index (χ2n) is 6.62. The molecule has 1 aliphatic heterocycles. The van der Waals surface area contributed by atoms with Crippen molar-refractivity contribution >= 4 is 21.5 Å². The first-order chi connectivity index (χ1) is 9.13. The van der Waals surface area contributed by atoms with Crippen molar-refractivity contribution in [2.24, 2.45) is 5.73 Å². The van der Waals surface area contributed by atoms with Crippen molar-refractivity contribution in [2.75, 3.05) is 6.54 Å². The molecule has 10 heteroatoms. The summed E-state index contributed by atoms with van der Waals surface area (Å²) in [7, 11) is -7.68. The van der Waals surface area contributed by atoms with Gasteiger partial charge in [0.1, 0.15) is 6.04 Å². The van der Waals surface area contributed by atoms with Gasteiger partial charge in [-0.2, -0.15) is 0 Å². The lowest BCUT2D eigenvalue weighted by molar-refractivity contribution is -0.502. The molecule has 0 spiro atoms. The van der Waals surface area contributed by atoms with Crippen LogP contribution in [0.2, 0.25) is 18.1 Å². The fourth-order valence-corrected chi connectivity index (χ4v) is 2.98. The molecular formula is C11H26BF4N3OSi. The summed E-state index contributed by atoms with van der Waals surface area (Å²) in [4.78, 5) is 3.21. The van der Waals surface area contributed by atoms with Crippen LogP contribution in [0.25, 0.3) is 0 Å². The molecule has 0 bridgehead atoms. The van der Waals surface area contributed by atoms with Crippen LogP contribution in [-0.4, -0.2) is 40.2 Å². The molecule has 0 fully saturated rings. The average Bonchev–Trinajstić information content (AvgIpc) is 2.59. The number of guanidine groups is 1. The summed E-state index contributed by atoms with van der Waals surface area (Å²) in [6, 6.07) is 0.286. The van der Waals surface area contributed by atoms with Crippen LogP contribution in [0.4, 0.5) is 17.3 Å². The maximum absolute atomic E-state index is 9.75. The summed E-state index contributed by atoms with van der Waals surface area (Å²) >= 11 is 0. The fourth-order valence-electron chi connectivity index (χ4n) is 1.53. The van der Waals surface area contributed by atoms with E-state index in [-0.39, 0.29) is 17.2 Å². The summed E-state index contributed by atoms with van der Waals surface area (Å²) in [5.41, 5.74) is 5.66. The van der Waals surface area contributed by atoms with Crippen molar-refractivity contribution < 1.29 is 26.7 Å². The molecule has 0 saturated heterocycles.